The molecule has 1 aromatic heterocycles. The summed E-state index contributed by atoms with van der Waals surface area (Å²) in [6, 6.07) is 10.4. The van der Waals surface area contributed by atoms with Crippen LogP contribution in [0.5, 0.6) is 0 Å². The van der Waals surface area contributed by atoms with E-state index in [1.807, 2.05) is 12.3 Å². The fourth-order valence-electron chi connectivity index (χ4n) is 2.73. The molecule has 0 saturated carbocycles. The largest absolute Gasteiger partial charge is 0.381 e. The van der Waals surface area contributed by atoms with E-state index in [1.165, 1.54) is 5.56 Å². The van der Waals surface area contributed by atoms with E-state index < -0.39 is 0 Å². The number of ether oxygens (including phenoxy) is 1. The van der Waals surface area contributed by atoms with E-state index in [2.05, 4.69) is 29.2 Å². The van der Waals surface area contributed by atoms with Gasteiger partial charge in [0.2, 0.25) is 0 Å². The zero-order valence-corrected chi connectivity index (χ0v) is 10.4. The normalized spacial score (nSPS) is 18.9. The number of pyridine rings is 1. The Morgan fingerprint density at radius 3 is 2.78 bits per heavy atom. The molecule has 3 nitrogen and oxygen atoms in total. The quantitative estimate of drug-likeness (QED) is 0.880. The van der Waals surface area contributed by atoms with Crippen LogP contribution in [0.3, 0.4) is 0 Å². The lowest BCUT2D eigenvalue weighted by Crippen LogP contribution is -2.27. The third kappa shape index (κ3) is 2.11. The van der Waals surface area contributed by atoms with Crippen LogP contribution in [0, 0.1) is 5.92 Å². The molecule has 1 saturated heterocycles. The van der Waals surface area contributed by atoms with E-state index in [9.17, 15) is 0 Å². The summed E-state index contributed by atoms with van der Waals surface area (Å²) in [4.78, 5) is 4.49. The fraction of sp³-hybridized carbons (Fsp3) is 0.400. The lowest BCUT2D eigenvalue weighted by Gasteiger charge is -2.28. The summed E-state index contributed by atoms with van der Waals surface area (Å²) < 4.78 is 5.40. The second kappa shape index (κ2) is 5.04. The first-order chi connectivity index (χ1) is 8.86. The number of hydrogen-bond acceptors (Lipinski definition) is 3. The lowest BCUT2D eigenvalue weighted by atomic mass is 9.87. The highest BCUT2D eigenvalue weighted by Gasteiger charge is 2.23. The number of hydrogen-bond donors (Lipinski definition) is 1. The molecule has 1 aliphatic heterocycles. The van der Waals surface area contributed by atoms with Crippen molar-refractivity contribution >= 4 is 10.9 Å². The minimum absolute atomic E-state index is 0.0625. The molecule has 0 radical (unpaired) electrons. The first kappa shape index (κ1) is 11.6. The van der Waals surface area contributed by atoms with Crippen molar-refractivity contribution in [3.63, 3.8) is 0 Å². The van der Waals surface area contributed by atoms with E-state index in [1.54, 1.807) is 0 Å². The van der Waals surface area contributed by atoms with Gasteiger partial charge in [-0.05, 0) is 30.4 Å². The minimum atomic E-state index is 0.0625. The topological polar surface area (TPSA) is 48.1 Å². The van der Waals surface area contributed by atoms with Crippen molar-refractivity contribution in [1.29, 1.82) is 0 Å². The van der Waals surface area contributed by atoms with Gasteiger partial charge in [0.1, 0.15) is 0 Å². The molecule has 1 fully saturated rings. The van der Waals surface area contributed by atoms with Gasteiger partial charge in [0.15, 0.2) is 0 Å². The van der Waals surface area contributed by atoms with Crippen LogP contribution in [0.15, 0.2) is 36.5 Å². The van der Waals surface area contributed by atoms with Crippen molar-refractivity contribution in [1.82, 2.24) is 4.98 Å². The number of benzene rings is 1. The monoisotopic (exact) mass is 242 g/mol. The van der Waals surface area contributed by atoms with Crippen molar-refractivity contribution in [2.24, 2.45) is 11.7 Å². The Kier molecular flexibility index (Phi) is 3.26. The Bertz CT molecular complexity index is 530. The summed E-state index contributed by atoms with van der Waals surface area (Å²) >= 11 is 0. The Labute approximate surface area is 107 Å². The van der Waals surface area contributed by atoms with Gasteiger partial charge >= 0.3 is 0 Å². The number of aromatic nitrogens is 1. The van der Waals surface area contributed by atoms with Gasteiger partial charge in [-0.1, -0.05) is 24.3 Å². The Morgan fingerprint density at radius 1 is 1.17 bits per heavy atom. The van der Waals surface area contributed by atoms with E-state index in [0.29, 0.717) is 5.92 Å². The molecule has 1 aromatic carbocycles. The molecule has 2 heterocycles. The maximum Gasteiger partial charge on any atom is 0.0749 e. The van der Waals surface area contributed by atoms with Gasteiger partial charge in [-0.3, -0.25) is 4.98 Å². The molecule has 1 aliphatic rings. The van der Waals surface area contributed by atoms with Crippen LogP contribution < -0.4 is 5.73 Å². The molecule has 0 aliphatic carbocycles. The maximum absolute atomic E-state index is 6.44. The van der Waals surface area contributed by atoms with Gasteiger partial charge in [-0.2, -0.15) is 0 Å². The molecule has 3 heteroatoms. The third-order valence-corrected chi connectivity index (χ3v) is 3.80. The number of nitrogens with zero attached hydrogens (tertiary/aromatic N) is 1. The zero-order chi connectivity index (χ0) is 12.4. The minimum Gasteiger partial charge on any atom is -0.381 e. The Morgan fingerprint density at radius 2 is 1.94 bits per heavy atom. The van der Waals surface area contributed by atoms with Gasteiger partial charge < -0.3 is 10.5 Å². The van der Waals surface area contributed by atoms with Gasteiger partial charge in [-0.25, -0.2) is 0 Å². The summed E-state index contributed by atoms with van der Waals surface area (Å²) in [7, 11) is 0. The van der Waals surface area contributed by atoms with Crippen molar-refractivity contribution in [2.75, 3.05) is 13.2 Å². The molecule has 1 atom stereocenters. The fourth-order valence-corrected chi connectivity index (χ4v) is 2.73. The SMILES string of the molecule is NC(c1cccc2cccnc12)C1CCOCC1. The maximum atomic E-state index is 6.44. The first-order valence-electron chi connectivity index (χ1n) is 6.53. The molecule has 0 amide bonds. The molecule has 3 rings (SSSR count). The molecule has 18 heavy (non-hydrogen) atoms. The van der Waals surface area contributed by atoms with Crippen molar-refractivity contribution < 1.29 is 4.74 Å². The van der Waals surface area contributed by atoms with E-state index in [0.717, 1.165) is 37.0 Å². The van der Waals surface area contributed by atoms with E-state index >= 15 is 0 Å². The molecule has 1 unspecified atom stereocenters. The third-order valence-electron chi connectivity index (χ3n) is 3.80. The molecule has 2 N–H and O–H groups in total. The molecular formula is C15H18N2O. The highest BCUT2D eigenvalue weighted by atomic mass is 16.5. The highest BCUT2D eigenvalue weighted by Crippen LogP contribution is 2.31. The number of para-hydroxylation sites is 1. The molecule has 0 bridgehead atoms. The van der Waals surface area contributed by atoms with Crippen molar-refractivity contribution in [2.45, 2.75) is 18.9 Å². The smallest absolute Gasteiger partial charge is 0.0749 e. The summed E-state index contributed by atoms with van der Waals surface area (Å²) in [5.41, 5.74) is 8.65. The Balaban J connectivity index is 1.97. The van der Waals surface area contributed by atoms with Crippen molar-refractivity contribution in [3.8, 4) is 0 Å². The predicted molar refractivity (Wildman–Crippen MR) is 72.2 cm³/mol. The standard InChI is InChI=1S/C15H18N2O/c16-14(11-6-9-18-10-7-11)13-5-1-3-12-4-2-8-17-15(12)13/h1-5,8,11,14H,6-7,9-10,16H2. The number of nitrogens with two attached hydrogens (primary N) is 1. The van der Waals surface area contributed by atoms with Crippen LogP contribution in [0.1, 0.15) is 24.4 Å². The highest BCUT2D eigenvalue weighted by molar-refractivity contribution is 5.82. The summed E-state index contributed by atoms with van der Waals surface area (Å²) in [5, 5.41) is 1.16. The van der Waals surface area contributed by atoms with E-state index in [-0.39, 0.29) is 6.04 Å². The van der Waals surface area contributed by atoms with Crippen LogP contribution >= 0.6 is 0 Å². The van der Waals surface area contributed by atoms with Gasteiger partial charge in [-0.15, -0.1) is 0 Å². The van der Waals surface area contributed by atoms with Gasteiger partial charge in [0, 0.05) is 30.8 Å². The Hall–Kier alpha value is -1.45. The average molecular weight is 242 g/mol. The number of fused-ring (bicyclic) bond motifs is 1. The van der Waals surface area contributed by atoms with Crippen molar-refractivity contribution in [3.05, 3.63) is 42.1 Å². The van der Waals surface area contributed by atoms with Crippen LogP contribution in [-0.4, -0.2) is 18.2 Å². The summed E-state index contributed by atoms with van der Waals surface area (Å²) in [6.07, 6.45) is 3.93. The summed E-state index contributed by atoms with van der Waals surface area (Å²) in [6.45, 7) is 1.66. The molecule has 0 spiro atoms. The van der Waals surface area contributed by atoms with Crippen LogP contribution in [0.25, 0.3) is 10.9 Å². The average Bonchev–Trinajstić information content (AvgIpc) is 2.47. The lowest BCUT2D eigenvalue weighted by molar-refractivity contribution is 0.0585. The molecule has 94 valence electrons. The predicted octanol–water partition coefficient (Wildman–Crippen LogP) is 2.66. The van der Waals surface area contributed by atoms with Crippen LogP contribution in [-0.2, 0) is 4.74 Å². The van der Waals surface area contributed by atoms with Gasteiger partial charge in [0.05, 0.1) is 5.52 Å². The second-order valence-corrected chi connectivity index (χ2v) is 4.90. The van der Waals surface area contributed by atoms with Crippen LogP contribution in [0.2, 0.25) is 0 Å². The first-order valence-corrected chi connectivity index (χ1v) is 6.53. The molecule has 2 aromatic rings. The second-order valence-electron chi connectivity index (χ2n) is 4.90. The zero-order valence-electron chi connectivity index (χ0n) is 10.4. The number of rotatable bonds is 2. The molecular weight excluding hydrogens is 224 g/mol. The summed E-state index contributed by atoms with van der Waals surface area (Å²) in [5.74, 6) is 0.506. The van der Waals surface area contributed by atoms with E-state index in [4.69, 9.17) is 10.5 Å². The van der Waals surface area contributed by atoms with Crippen LogP contribution in [0.4, 0.5) is 0 Å². The van der Waals surface area contributed by atoms with Gasteiger partial charge in [0.25, 0.3) is 0 Å².